The molecule has 0 saturated heterocycles. The molecule has 0 amide bonds. The fourth-order valence-corrected chi connectivity index (χ4v) is 2.07. The van der Waals surface area contributed by atoms with Crippen LogP contribution in [-0.4, -0.2) is 27.5 Å². The van der Waals surface area contributed by atoms with Gasteiger partial charge in [0.15, 0.2) is 9.84 Å². The van der Waals surface area contributed by atoms with Gasteiger partial charge in [-0.15, -0.1) is 0 Å². The summed E-state index contributed by atoms with van der Waals surface area (Å²) in [5.41, 5.74) is 0. The second-order valence-electron chi connectivity index (χ2n) is 2.71. The largest absolute Gasteiger partial charge is 0.399 e. The van der Waals surface area contributed by atoms with Gasteiger partial charge in [-0.1, -0.05) is 16.8 Å². The number of hydrogen-bond acceptors (Lipinski definition) is 4. The lowest BCUT2D eigenvalue weighted by Crippen LogP contribution is -2.07. The fourth-order valence-electron chi connectivity index (χ4n) is 0.941. The maximum Gasteiger partial charge on any atom is 0.183 e. The molecule has 0 N–H and O–H groups in total. The van der Waals surface area contributed by atoms with Gasteiger partial charge in [-0.3, -0.25) is 0 Å². The summed E-state index contributed by atoms with van der Waals surface area (Å²) in [5, 5.41) is 3.87. The van der Waals surface area contributed by atoms with Gasteiger partial charge in [-0.05, 0) is 24.3 Å². The van der Waals surface area contributed by atoms with E-state index in [4.69, 9.17) is 11.6 Å². The lowest BCUT2D eigenvalue weighted by Gasteiger charge is -2.00. The molecular weight excluding hydrogens is 238 g/mol. The predicted molar refractivity (Wildman–Crippen MR) is 59.0 cm³/mol. The predicted octanol–water partition coefficient (Wildman–Crippen LogP) is 1.75. The van der Waals surface area contributed by atoms with Crippen molar-refractivity contribution in [1.82, 2.24) is 0 Å². The van der Waals surface area contributed by atoms with E-state index < -0.39 is 9.84 Å². The summed E-state index contributed by atoms with van der Waals surface area (Å²) in [7, 11) is -1.98. The van der Waals surface area contributed by atoms with Crippen LogP contribution in [0.3, 0.4) is 0 Å². The van der Waals surface area contributed by atoms with E-state index in [0.717, 1.165) is 0 Å². The first kappa shape index (κ1) is 12.0. The highest BCUT2D eigenvalue weighted by molar-refractivity contribution is 7.92. The minimum Gasteiger partial charge on any atom is -0.399 e. The standard InChI is InChI=1S/C9H10ClNO3S/c1-14-11-6-7-15(12,13)9-4-2-8(10)3-5-9/h2-6H,7H2,1H3. The molecule has 0 atom stereocenters. The minimum atomic E-state index is -3.34. The molecule has 0 aliphatic carbocycles. The first-order chi connectivity index (χ1) is 7.06. The molecular formula is C9H10ClNO3S. The number of oxime groups is 1. The molecule has 1 aromatic rings. The van der Waals surface area contributed by atoms with Gasteiger partial charge in [0.1, 0.15) is 7.11 Å². The molecule has 1 aromatic carbocycles. The number of benzene rings is 1. The molecule has 0 heterocycles. The third kappa shape index (κ3) is 3.53. The summed E-state index contributed by atoms with van der Waals surface area (Å²) in [6, 6.07) is 5.97. The second-order valence-corrected chi connectivity index (χ2v) is 5.18. The Hall–Kier alpha value is -1.07. The SMILES string of the molecule is CON=CCS(=O)(=O)c1ccc(Cl)cc1. The second kappa shape index (κ2) is 5.14. The highest BCUT2D eigenvalue weighted by Crippen LogP contribution is 2.14. The number of hydrogen-bond donors (Lipinski definition) is 0. The molecule has 0 radical (unpaired) electrons. The molecule has 0 aliphatic rings. The van der Waals surface area contributed by atoms with Crippen molar-refractivity contribution < 1.29 is 13.3 Å². The van der Waals surface area contributed by atoms with E-state index >= 15 is 0 Å². The van der Waals surface area contributed by atoms with Gasteiger partial charge in [0, 0.05) is 5.02 Å². The molecule has 0 saturated carbocycles. The van der Waals surface area contributed by atoms with Crippen molar-refractivity contribution >= 4 is 27.7 Å². The van der Waals surface area contributed by atoms with Gasteiger partial charge < -0.3 is 4.84 Å². The van der Waals surface area contributed by atoms with Crippen LogP contribution in [0.4, 0.5) is 0 Å². The van der Waals surface area contributed by atoms with E-state index in [0.29, 0.717) is 5.02 Å². The number of nitrogens with zero attached hydrogens (tertiary/aromatic N) is 1. The van der Waals surface area contributed by atoms with Crippen LogP contribution >= 0.6 is 11.6 Å². The van der Waals surface area contributed by atoms with Gasteiger partial charge in [0.2, 0.25) is 0 Å². The fraction of sp³-hybridized carbons (Fsp3) is 0.222. The van der Waals surface area contributed by atoms with Crippen molar-refractivity contribution in [3.63, 3.8) is 0 Å². The molecule has 0 unspecified atom stereocenters. The van der Waals surface area contributed by atoms with Crippen LogP contribution in [0.5, 0.6) is 0 Å². The highest BCUT2D eigenvalue weighted by atomic mass is 35.5. The summed E-state index contributed by atoms with van der Waals surface area (Å²) in [6.07, 6.45) is 1.20. The Balaban J connectivity index is 2.87. The van der Waals surface area contributed by atoms with Gasteiger partial charge in [-0.25, -0.2) is 8.42 Å². The first-order valence-electron chi connectivity index (χ1n) is 4.09. The van der Waals surface area contributed by atoms with Crippen LogP contribution in [-0.2, 0) is 14.7 Å². The van der Waals surface area contributed by atoms with Gasteiger partial charge >= 0.3 is 0 Å². The zero-order valence-corrected chi connectivity index (χ0v) is 9.62. The molecule has 0 aliphatic heterocycles. The highest BCUT2D eigenvalue weighted by Gasteiger charge is 2.12. The Morgan fingerprint density at radius 3 is 2.53 bits per heavy atom. The van der Waals surface area contributed by atoms with E-state index in [2.05, 4.69) is 9.99 Å². The van der Waals surface area contributed by atoms with E-state index in [1.807, 2.05) is 0 Å². The van der Waals surface area contributed by atoms with Gasteiger partial charge in [-0.2, -0.15) is 0 Å². The van der Waals surface area contributed by atoms with Crippen molar-refractivity contribution in [1.29, 1.82) is 0 Å². The Labute approximate surface area is 93.4 Å². The minimum absolute atomic E-state index is 0.192. The van der Waals surface area contributed by atoms with E-state index in [1.165, 1.54) is 37.6 Å². The van der Waals surface area contributed by atoms with Crippen LogP contribution in [0.1, 0.15) is 0 Å². The maximum atomic E-state index is 11.6. The van der Waals surface area contributed by atoms with E-state index in [-0.39, 0.29) is 10.6 Å². The molecule has 0 spiro atoms. The first-order valence-corrected chi connectivity index (χ1v) is 6.12. The lowest BCUT2D eigenvalue weighted by atomic mass is 10.4. The molecule has 82 valence electrons. The molecule has 0 aromatic heterocycles. The summed E-state index contributed by atoms with van der Waals surface area (Å²) in [5.74, 6) is -0.192. The molecule has 4 nitrogen and oxygen atoms in total. The zero-order chi connectivity index (χ0) is 11.3. The third-order valence-corrected chi connectivity index (χ3v) is 3.48. The Kier molecular flexibility index (Phi) is 4.11. The molecule has 6 heteroatoms. The Morgan fingerprint density at radius 1 is 1.40 bits per heavy atom. The molecule has 0 bridgehead atoms. The van der Waals surface area contributed by atoms with Crippen molar-refractivity contribution in [2.45, 2.75) is 4.90 Å². The Morgan fingerprint density at radius 2 is 2.00 bits per heavy atom. The monoisotopic (exact) mass is 247 g/mol. The number of rotatable bonds is 4. The van der Waals surface area contributed by atoms with Crippen LogP contribution in [0.25, 0.3) is 0 Å². The van der Waals surface area contributed by atoms with Crippen molar-refractivity contribution in [3.8, 4) is 0 Å². The van der Waals surface area contributed by atoms with Crippen LogP contribution < -0.4 is 0 Å². The van der Waals surface area contributed by atoms with Crippen LogP contribution in [0.15, 0.2) is 34.3 Å². The van der Waals surface area contributed by atoms with E-state index in [9.17, 15) is 8.42 Å². The quantitative estimate of drug-likeness (QED) is 0.602. The zero-order valence-electron chi connectivity index (χ0n) is 8.05. The van der Waals surface area contributed by atoms with Crippen molar-refractivity contribution in [3.05, 3.63) is 29.3 Å². The van der Waals surface area contributed by atoms with E-state index in [1.54, 1.807) is 0 Å². The Bertz CT molecular complexity index is 439. The third-order valence-electron chi connectivity index (χ3n) is 1.65. The number of sulfone groups is 1. The topological polar surface area (TPSA) is 55.7 Å². The van der Waals surface area contributed by atoms with Crippen molar-refractivity contribution in [2.24, 2.45) is 5.16 Å². The lowest BCUT2D eigenvalue weighted by molar-refractivity contribution is 0.215. The summed E-state index contributed by atoms with van der Waals surface area (Å²) in [4.78, 5) is 4.59. The smallest absolute Gasteiger partial charge is 0.183 e. The average Bonchev–Trinajstić information content (AvgIpc) is 2.18. The maximum absolute atomic E-state index is 11.6. The molecule has 15 heavy (non-hydrogen) atoms. The van der Waals surface area contributed by atoms with Crippen molar-refractivity contribution in [2.75, 3.05) is 12.9 Å². The summed E-state index contributed by atoms with van der Waals surface area (Å²) >= 11 is 5.65. The summed E-state index contributed by atoms with van der Waals surface area (Å²) < 4.78 is 23.3. The summed E-state index contributed by atoms with van der Waals surface area (Å²) in [6.45, 7) is 0. The molecule has 0 fully saturated rings. The van der Waals surface area contributed by atoms with Gasteiger partial charge in [0.25, 0.3) is 0 Å². The molecule has 1 rings (SSSR count). The van der Waals surface area contributed by atoms with Gasteiger partial charge in [0.05, 0.1) is 16.9 Å². The average molecular weight is 248 g/mol. The number of halogens is 1. The van der Waals surface area contributed by atoms with Crippen LogP contribution in [0.2, 0.25) is 5.02 Å². The van der Waals surface area contributed by atoms with Crippen LogP contribution in [0, 0.1) is 0 Å². The normalized spacial score (nSPS) is 11.9.